The Morgan fingerprint density at radius 3 is 2.56 bits per heavy atom. The van der Waals surface area contributed by atoms with Crippen LogP contribution in [0.3, 0.4) is 0 Å². The van der Waals surface area contributed by atoms with E-state index in [1.54, 1.807) is 16.8 Å². The van der Waals surface area contributed by atoms with E-state index < -0.39 is 17.7 Å². The maximum Gasteiger partial charge on any atom is 0.416 e. The molecule has 0 fully saturated rings. The van der Waals surface area contributed by atoms with Gasteiger partial charge in [0.25, 0.3) is 0 Å². The highest BCUT2D eigenvalue weighted by Gasteiger charge is 2.30. The summed E-state index contributed by atoms with van der Waals surface area (Å²) in [4.78, 5) is 16.7. The Labute approximate surface area is 198 Å². The van der Waals surface area contributed by atoms with E-state index >= 15 is 0 Å². The second kappa shape index (κ2) is 9.50. The number of aryl methyl sites for hydroxylation is 1. The van der Waals surface area contributed by atoms with Crippen molar-refractivity contribution in [2.45, 2.75) is 45.5 Å². The highest BCUT2D eigenvalue weighted by atomic mass is 32.1. The molecule has 4 rings (SSSR count). The normalized spacial score (nSPS) is 12.7. The quantitative estimate of drug-likeness (QED) is 0.291. The number of hydrogen-bond acceptors (Lipinski definition) is 4. The molecule has 0 aliphatic rings. The van der Waals surface area contributed by atoms with Gasteiger partial charge in [-0.3, -0.25) is 4.79 Å². The van der Waals surface area contributed by atoms with Gasteiger partial charge in [0.05, 0.1) is 16.1 Å². The Bertz CT molecular complexity index is 1310. The molecule has 9 heteroatoms. The molecule has 1 N–H and O–H groups in total. The van der Waals surface area contributed by atoms with Crippen LogP contribution in [0.2, 0.25) is 0 Å². The Hall–Kier alpha value is -3.33. The van der Waals surface area contributed by atoms with Gasteiger partial charge in [-0.1, -0.05) is 25.5 Å². The third-order valence-corrected chi connectivity index (χ3v) is 6.71. The van der Waals surface area contributed by atoms with E-state index in [9.17, 15) is 18.0 Å². The number of halogens is 3. The summed E-state index contributed by atoms with van der Waals surface area (Å²) >= 11 is 1.42. The Morgan fingerprint density at radius 1 is 1.18 bits per heavy atom. The topological polar surface area (TPSA) is 64.4 Å². The van der Waals surface area contributed by atoms with Crippen molar-refractivity contribution in [1.82, 2.24) is 9.55 Å². The van der Waals surface area contributed by atoms with Crippen molar-refractivity contribution in [1.29, 1.82) is 0 Å². The molecule has 1 atom stereocenters. The number of thiazole rings is 1. The van der Waals surface area contributed by atoms with E-state index in [1.165, 1.54) is 23.5 Å². The summed E-state index contributed by atoms with van der Waals surface area (Å²) in [6.45, 7) is 3.85. The monoisotopic (exact) mass is 488 g/mol. The number of fused-ring (bicyclic) bond motifs is 1. The minimum Gasteiger partial charge on any atom is -0.485 e. The number of carboxylic acid groups (broad SMARTS) is 1. The Balaban J connectivity index is 1.58. The summed E-state index contributed by atoms with van der Waals surface area (Å²) in [5.74, 6) is -0.274. The van der Waals surface area contributed by atoms with Crippen molar-refractivity contribution in [2.24, 2.45) is 0 Å². The van der Waals surface area contributed by atoms with E-state index in [4.69, 9.17) is 14.8 Å². The lowest BCUT2D eigenvalue weighted by molar-refractivity contribution is -0.138. The van der Waals surface area contributed by atoms with Gasteiger partial charge in [-0.2, -0.15) is 13.2 Å². The first-order chi connectivity index (χ1) is 16.2. The third kappa shape index (κ3) is 5.09. The minimum atomic E-state index is -4.38. The van der Waals surface area contributed by atoms with Gasteiger partial charge in [-0.15, -0.1) is 11.3 Å². The molecule has 34 heavy (non-hydrogen) atoms. The summed E-state index contributed by atoms with van der Waals surface area (Å²) in [5.41, 5.74) is 1.63. The second-order valence-corrected chi connectivity index (χ2v) is 9.00. The molecule has 4 aromatic rings. The number of carbonyl (C=O) groups is 1. The van der Waals surface area contributed by atoms with E-state index in [1.807, 2.05) is 32.0 Å². The zero-order valence-electron chi connectivity index (χ0n) is 18.6. The number of rotatable bonds is 8. The molecule has 178 valence electrons. The molecule has 0 unspecified atom stereocenters. The molecule has 2 aromatic heterocycles. The van der Waals surface area contributed by atoms with E-state index in [0.29, 0.717) is 16.3 Å². The van der Waals surface area contributed by atoms with Crippen LogP contribution in [0.5, 0.6) is 5.75 Å². The van der Waals surface area contributed by atoms with Crippen LogP contribution in [0.4, 0.5) is 13.2 Å². The van der Waals surface area contributed by atoms with Gasteiger partial charge < -0.3 is 14.4 Å². The van der Waals surface area contributed by atoms with Crippen LogP contribution in [0.25, 0.3) is 21.5 Å². The Kier molecular flexibility index (Phi) is 6.65. The largest absolute Gasteiger partial charge is 0.485 e. The lowest BCUT2D eigenvalue weighted by Crippen LogP contribution is -2.07. The first-order valence-electron chi connectivity index (χ1n) is 10.8. The van der Waals surface area contributed by atoms with Gasteiger partial charge in [-0.25, -0.2) is 4.98 Å². The second-order valence-electron chi connectivity index (χ2n) is 7.97. The summed E-state index contributed by atoms with van der Waals surface area (Å²) < 4.78 is 46.6. The smallest absolute Gasteiger partial charge is 0.416 e. The molecule has 0 aliphatic carbocycles. The summed E-state index contributed by atoms with van der Waals surface area (Å²) in [6.07, 6.45) is -1.36. The highest BCUT2D eigenvalue weighted by molar-refractivity contribution is 7.15. The molecular formula is C25H23F3N2O3S. The van der Waals surface area contributed by atoms with Crippen LogP contribution in [0.15, 0.2) is 54.7 Å². The number of aromatic nitrogens is 2. The first kappa shape index (κ1) is 23.8. The molecule has 2 heterocycles. The summed E-state index contributed by atoms with van der Waals surface area (Å²) in [7, 11) is 0. The lowest BCUT2D eigenvalue weighted by atomic mass is 10.1. The van der Waals surface area contributed by atoms with Gasteiger partial charge in [0.15, 0.2) is 0 Å². The number of aliphatic carboxylic acids is 1. The molecule has 5 nitrogen and oxygen atoms in total. The van der Waals surface area contributed by atoms with Crippen LogP contribution in [0, 0.1) is 0 Å². The number of carboxylic acids is 1. The molecule has 0 spiro atoms. The average Bonchev–Trinajstić information content (AvgIpc) is 3.37. The van der Waals surface area contributed by atoms with Crippen molar-refractivity contribution < 1.29 is 27.8 Å². The number of ether oxygens (including phenoxy) is 1. The van der Waals surface area contributed by atoms with Crippen LogP contribution in [-0.4, -0.2) is 20.6 Å². The van der Waals surface area contributed by atoms with Crippen molar-refractivity contribution in [3.05, 3.63) is 70.9 Å². The third-order valence-electron chi connectivity index (χ3n) is 5.40. The predicted molar refractivity (Wildman–Crippen MR) is 125 cm³/mol. The van der Waals surface area contributed by atoms with Crippen LogP contribution in [-0.2, 0) is 23.9 Å². The van der Waals surface area contributed by atoms with Gasteiger partial charge in [0.1, 0.15) is 23.4 Å². The standard InChI is InChI=1S/C25H23F3N2O3S/c1-3-4-20-23(34-24(29-20)16-5-7-18(8-6-16)25(26,27)28)15(2)33-19-9-10-21-17(13-19)11-12-30(21)14-22(31)32/h5-13,15H,3-4,14H2,1-2H3,(H,31,32)/t15-/m1/s1. The van der Waals surface area contributed by atoms with Crippen molar-refractivity contribution in [3.63, 3.8) is 0 Å². The van der Waals surface area contributed by atoms with Gasteiger partial charge in [-0.05, 0) is 49.7 Å². The number of alkyl halides is 3. The van der Waals surface area contributed by atoms with E-state index in [0.717, 1.165) is 46.4 Å². The minimum absolute atomic E-state index is 0.117. The SMILES string of the molecule is CCCc1nc(-c2ccc(C(F)(F)F)cc2)sc1[C@@H](C)Oc1ccc2c(ccn2CC(=O)O)c1. The van der Waals surface area contributed by atoms with Crippen molar-refractivity contribution >= 4 is 28.2 Å². The van der Waals surface area contributed by atoms with Gasteiger partial charge in [0, 0.05) is 22.7 Å². The maximum absolute atomic E-state index is 12.9. The summed E-state index contributed by atoms with van der Waals surface area (Å²) in [6, 6.07) is 12.4. The first-order valence-corrected chi connectivity index (χ1v) is 11.6. The Morgan fingerprint density at radius 2 is 1.91 bits per heavy atom. The maximum atomic E-state index is 12.9. The number of hydrogen-bond donors (Lipinski definition) is 1. The fourth-order valence-corrected chi connectivity index (χ4v) is 4.91. The zero-order valence-corrected chi connectivity index (χ0v) is 19.4. The van der Waals surface area contributed by atoms with Gasteiger partial charge >= 0.3 is 12.1 Å². The molecule has 0 bridgehead atoms. The van der Waals surface area contributed by atoms with Crippen molar-refractivity contribution in [2.75, 3.05) is 0 Å². The van der Waals surface area contributed by atoms with E-state index in [-0.39, 0.29) is 12.6 Å². The number of benzene rings is 2. The van der Waals surface area contributed by atoms with Gasteiger partial charge in [0.2, 0.25) is 0 Å². The average molecular weight is 489 g/mol. The van der Waals surface area contributed by atoms with Crippen LogP contribution < -0.4 is 4.74 Å². The van der Waals surface area contributed by atoms with Crippen LogP contribution >= 0.6 is 11.3 Å². The molecule has 0 aliphatic heterocycles. The van der Waals surface area contributed by atoms with Crippen LogP contribution in [0.1, 0.15) is 42.5 Å². The lowest BCUT2D eigenvalue weighted by Gasteiger charge is -2.15. The van der Waals surface area contributed by atoms with Crippen molar-refractivity contribution in [3.8, 4) is 16.3 Å². The molecular weight excluding hydrogens is 465 g/mol. The fraction of sp³-hybridized carbons (Fsp3) is 0.280. The molecule has 0 amide bonds. The molecule has 2 aromatic carbocycles. The zero-order chi connectivity index (χ0) is 24.5. The summed E-state index contributed by atoms with van der Waals surface area (Å²) in [5, 5.41) is 10.6. The number of nitrogens with zero attached hydrogens (tertiary/aromatic N) is 2. The fourth-order valence-electron chi connectivity index (χ4n) is 3.82. The molecule has 0 radical (unpaired) electrons. The molecule has 0 saturated carbocycles. The highest BCUT2D eigenvalue weighted by Crippen LogP contribution is 2.37. The predicted octanol–water partition coefficient (Wildman–Crippen LogP) is 6.96. The van der Waals surface area contributed by atoms with E-state index in [2.05, 4.69) is 0 Å². The molecule has 0 saturated heterocycles.